The summed E-state index contributed by atoms with van der Waals surface area (Å²) < 4.78 is 44.8. The van der Waals surface area contributed by atoms with Crippen molar-refractivity contribution in [1.29, 1.82) is 0 Å². The van der Waals surface area contributed by atoms with E-state index in [0.717, 1.165) is 0 Å². The SMILES string of the molecule is CC1[C@H](O[C@@H]2C(C(=O)O)O[C@@H](O[C@@H]3C(C)[C@H](OCCCN=[N+]=[N-])OC(CO)[C@H]3O)C(O)[C@H]2O)OC(CO)[C@@H](O)[C@@H]1O[C@@H]1OC(C(=O)O)[C@@H](O)[C@H](O)C1O. The Morgan fingerprint density at radius 3 is 1.60 bits per heavy atom. The number of nitrogens with zero attached hydrogens (tertiary/aromatic N) is 3. The van der Waals surface area contributed by atoms with Gasteiger partial charge in [0.25, 0.3) is 0 Å². The number of hydrogen-bond donors (Lipinski definition) is 11. The van der Waals surface area contributed by atoms with Crippen molar-refractivity contribution >= 4 is 11.9 Å². The summed E-state index contributed by atoms with van der Waals surface area (Å²) in [5.41, 5.74) is 8.44. The van der Waals surface area contributed by atoms with Crippen LogP contribution in [0, 0.1) is 11.8 Å². The molecule has 0 bridgehead atoms. The average Bonchev–Trinajstić information content (AvgIpc) is 3.12. The van der Waals surface area contributed by atoms with Crippen LogP contribution in [-0.2, 0) is 47.5 Å². The molecule has 0 spiro atoms. The summed E-state index contributed by atoms with van der Waals surface area (Å²) in [5.74, 6) is -5.47. The number of carbonyl (C=O) groups is 2. The minimum Gasteiger partial charge on any atom is -0.479 e. The van der Waals surface area contributed by atoms with E-state index in [-0.39, 0.29) is 13.2 Å². The molecule has 20 atom stereocenters. The number of azide groups is 1. The van der Waals surface area contributed by atoms with Crippen LogP contribution in [0.15, 0.2) is 5.11 Å². The van der Waals surface area contributed by atoms with Crippen LogP contribution in [0.3, 0.4) is 0 Å². The lowest BCUT2D eigenvalue weighted by molar-refractivity contribution is -0.376. The van der Waals surface area contributed by atoms with Gasteiger partial charge in [-0.05, 0) is 12.0 Å². The minimum absolute atomic E-state index is 0.0419. The van der Waals surface area contributed by atoms with Gasteiger partial charge >= 0.3 is 11.9 Å². The van der Waals surface area contributed by atoms with E-state index in [1.54, 1.807) is 0 Å². The van der Waals surface area contributed by atoms with Crippen molar-refractivity contribution in [3.8, 4) is 0 Å². The van der Waals surface area contributed by atoms with Crippen LogP contribution in [0.5, 0.6) is 0 Å². The molecule has 0 saturated carbocycles. The maximum absolute atomic E-state index is 12.4. The third kappa shape index (κ3) is 9.52. The maximum atomic E-state index is 12.4. The summed E-state index contributed by atoms with van der Waals surface area (Å²) in [6, 6.07) is 0. The van der Waals surface area contributed by atoms with E-state index in [1.807, 2.05) is 0 Å². The van der Waals surface area contributed by atoms with E-state index in [4.69, 9.17) is 43.4 Å². The highest BCUT2D eigenvalue weighted by molar-refractivity contribution is 5.74. The number of ether oxygens (including phenoxy) is 8. The molecular weight excluding hydrogens is 726 g/mol. The van der Waals surface area contributed by atoms with Gasteiger partial charge in [0.2, 0.25) is 0 Å². The molecule has 0 aromatic rings. The summed E-state index contributed by atoms with van der Waals surface area (Å²) in [6.45, 7) is 1.43. The summed E-state index contributed by atoms with van der Waals surface area (Å²) >= 11 is 0. The predicted octanol–water partition coefficient (Wildman–Crippen LogP) is -5.29. The molecule has 0 amide bonds. The highest BCUT2D eigenvalue weighted by Gasteiger charge is 2.56. The second-order valence-corrected chi connectivity index (χ2v) is 13.1. The van der Waals surface area contributed by atoms with E-state index in [2.05, 4.69) is 10.0 Å². The number of rotatable bonds is 15. The molecule has 53 heavy (non-hydrogen) atoms. The van der Waals surface area contributed by atoms with Crippen LogP contribution in [0.1, 0.15) is 20.3 Å². The Bertz CT molecular complexity index is 1260. The second kappa shape index (κ2) is 18.9. The summed E-state index contributed by atoms with van der Waals surface area (Å²) in [5, 5.41) is 117. The highest BCUT2D eigenvalue weighted by Crippen LogP contribution is 2.37. The molecule has 11 N–H and O–H groups in total. The van der Waals surface area contributed by atoms with Crippen LogP contribution in [0.4, 0.5) is 0 Å². The van der Waals surface area contributed by atoms with Crippen LogP contribution >= 0.6 is 0 Å². The Hall–Kier alpha value is -2.43. The first-order chi connectivity index (χ1) is 25.1. The summed E-state index contributed by atoms with van der Waals surface area (Å²) in [7, 11) is 0. The molecule has 4 rings (SSSR count). The normalized spacial score (nSPS) is 46.3. The van der Waals surface area contributed by atoms with Gasteiger partial charge in [-0.1, -0.05) is 19.0 Å². The average molecular weight is 774 g/mol. The van der Waals surface area contributed by atoms with Gasteiger partial charge in [-0.2, -0.15) is 0 Å². The molecule has 4 fully saturated rings. The third-order valence-electron chi connectivity index (χ3n) is 9.53. The van der Waals surface area contributed by atoms with E-state index < -0.39 is 148 Å². The van der Waals surface area contributed by atoms with Crippen molar-refractivity contribution in [3.63, 3.8) is 0 Å². The number of carboxylic acids is 2. The largest absolute Gasteiger partial charge is 0.479 e. The van der Waals surface area contributed by atoms with E-state index in [9.17, 15) is 65.8 Å². The zero-order chi connectivity index (χ0) is 39.3. The van der Waals surface area contributed by atoms with Crippen molar-refractivity contribution in [1.82, 2.24) is 0 Å². The molecule has 24 heteroatoms. The molecule has 4 aliphatic heterocycles. The fourth-order valence-electron chi connectivity index (χ4n) is 6.47. The number of carboxylic acid groups (broad SMARTS) is 2. The lowest BCUT2D eigenvalue weighted by Crippen LogP contribution is -2.66. The van der Waals surface area contributed by atoms with Crippen LogP contribution in [-0.4, -0.2) is 205 Å². The zero-order valence-corrected chi connectivity index (χ0v) is 28.4. The first kappa shape index (κ1) is 43.3. The molecule has 24 nitrogen and oxygen atoms in total. The van der Waals surface area contributed by atoms with E-state index >= 15 is 0 Å². The molecule has 0 aliphatic carbocycles. The van der Waals surface area contributed by atoms with Gasteiger partial charge in [-0.15, -0.1) is 0 Å². The number of aliphatic carboxylic acids is 2. The highest BCUT2D eigenvalue weighted by atomic mass is 16.8. The number of aliphatic hydroxyl groups is 9. The zero-order valence-electron chi connectivity index (χ0n) is 28.4. The predicted molar refractivity (Wildman–Crippen MR) is 164 cm³/mol. The molecular formula is C29H47N3O21. The number of aliphatic hydroxyl groups excluding tert-OH is 9. The van der Waals surface area contributed by atoms with Crippen molar-refractivity contribution in [3.05, 3.63) is 10.4 Å². The quantitative estimate of drug-likeness (QED) is 0.0320. The van der Waals surface area contributed by atoms with Crippen molar-refractivity contribution in [2.75, 3.05) is 26.4 Å². The lowest BCUT2D eigenvalue weighted by atomic mass is 9.90. The summed E-state index contributed by atoms with van der Waals surface area (Å²) in [4.78, 5) is 26.6. The van der Waals surface area contributed by atoms with Crippen LogP contribution in [0.25, 0.3) is 10.4 Å². The number of hydrogen-bond acceptors (Lipinski definition) is 20. The van der Waals surface area contributed by atoms with Gasteiger partial charge in [0.15, 0.2) is 37.4 Å². The Balaban J connectivity index is 1.50. The molecule has 0 aromatic carbocycles. The Morgan fingerprint density at radius 2 is 1.09 bits per heavy atom. The Morgan fingerprint density at radius 1 is 0.623 bits per heavy atom. The molecule has 8 unspecified atom stereocenters. The molecule has 0 radical (unpaired) electrons. The molecule has 4 aliphatic rings. The smallest absolute Gasteiger partial charge is 0.335 e. The standard InChI is InChI=1S/C29H47N3O21/c1-8-19(12(35)10(6-33)47-26(8)46-5-3-4-31-32-30)49-29-18(41)16(39)21(23(53-29)25(44)45)51-27-9(2)20(13(36)11(7-34)48-27)50-28-17(40)14(37)15(38)22(52-28)24(42)43/h8-23,26-29,33-41H,3-7H2,1-2H3,(H,42,43)(H,44,45)/t8?,9?,10?,11?,12-,13-,14+,15+,16-,17?,18?,19-,20-,21+,22?,23?,26-,27+,28-,29-/m1/s1. The van der Waals surface area contributed by atoms with Gasteiger partial charge < -0.3 is 94.1 Å². The Kier molecular flexibility index (Phi) is 15.5. The topological polar surface area (TPSA) is 379 Å². The lowest BCUT2D eigenvalue weighted by Gasteiger charge is -2.49. The fraction of sp³-hybridized carbons (Fsp3) is 0.931. The van der Waals surface area contributed by atoms with Gasteiger partial charge in [0.05, 0.1) is 25.4 Å². The molecule has 0 aromatic heterocycles. The molecule has 304 valence electrons. The van der Waals surface area contributed by atoms with Crippen molar-refractivity contribution < 1.29 is 104 Å². The van der Waals surface area contributed by atoms with E-state index in [1.165, 1.54) is 13.8 Å². The summed E-state index contributed by atoms with van der Waals surface area (Å²) in [6.07, 6.45) is -31.7. The minimum atomic E-state index is -2.10. The van der Waals surface area contributed by atoms with Crippen molar-refractivity contribution in [2.24, 2.45) is 17.0 Å². The van der Waals surface area contributed by atoms with E-state index in [0.29, 0.717) is 6.42 Å². The second-order valence-electron chi connectivity index (χ2n) is 13.1. The van der Waals surface area contributed by atoms with Crippen molar-refractivity contribution in [2.45, 2.75) is 131 Å². The van der Waals surface area contributed by atoms with Gasteiger partial charge in [0, 0.05) is 29.9 Å². The third-order valence-corrected chi connectivity index (χ3v) is 9.53. The monoisotopic (exact) mass is 773 g/mol. The first-order valence-corrected chi connectivity index (χ1v) is 16.7. The fourth-order valence-corrected chi connectivity index (χ4v) is 6.47. The molecule has 4 saturated heterocycles. The first-order valence-electron chi connectivity index (χ1n) is 16.7. The maximum Gasteiger partial charge on any atom is 0.335 e. The van der Waals surface area contributed by atoms with Gasteiger partial charge in [-0.3, -0.25) is 0 Å². The van der Waals surface area contributed by atoms with Gasteiger partial charge in [-0.25, -0.2) is 9.59 Å². The van der Waals surface area contributed by atoms with Gasteiger partial charge in [0.1, 0.15) is 61.0 Å². The van der Waals surface area contributed by atoms with Crippen LogP contribution in [0.2, 0.25) is 0 Å². The molecule has 4 heterocycles. The van der Waals surface area contributed by atoms with Crippen LogP contribution < -0.4 is 0 Å². The Labute approximate surface area is 300 Å².